The van der Waals surface area contributed by atoms with Gasteiger partial charge in [-0.3, -0.25) is 14.9 Å². The first-order chi connectivity index (χ1) is 12.3. The molecule has 1 aliphatic heterocycles. The highest BCUT2D eigenvalue weighted by Crippen LogP contribution is 2.23. The Kier molecular flexibility index (Phi) is 5.08. The van der Waals surface area contributed by atoms with Crippen molar-refractivity contribution < 1.29 is 18.1 Å². The molecule has 0 unspecified atom stereocenters. The van der Waals surface area contributed by atoms with Crippen molar-refractivity contribution in [2.45, 2.75) is 11.8 Å². The number of carbonyl (C=O) groups excluding carboxylic acids is 1. The van der Waals surface area contributed by atoms with Crippen molar-refractivity contribution in [3.8, 4) is 0 Å². The molecule has 26 heavy (non-hydrogen) atoms. The van der Waals surface area contributed by atoms with Gasteiger partial charge < -0.3 is 4.90 Å². The van der Waals surface area contributed by atoms with Crippen molar-refractivity contribution in [3.63, 3.8) is 0 Å². The summed E-state index contributed by atoms with van der Waals surface area (Å²) in [6.07, 6.45) is 0. The van der Waals surface area contributed by atoms with Crippen LogP contribution in [0.1, 0.15) is 14.5 Å². The van der Waals surface area contributed by atoms with Crippen LogP contribution in [0.5, 0.6) is 0 Å². The zero-order valence-electron chi connectivity index (χ0n) is 14.0. The van der Waals surface area contributed by atoms with Crippen LogP contribution in [0.2, 0.25) is 0 Å². The van der Waals surface area contributed by atoms with Gasteiger partial charge in [0.1, 0.15) is 0 Å². The average molecular weight is 395 g/mol. The second-order valence-corrected chi connectivity index (χ2v) is 9.09. The number of hydrogen-bond donors (Lipinski definition) is 0. The van der Waals surface area contributed by atoms with Gasteiger partial charge in [-0.05, 0) is 25.1 Å². The van der Waals surface area contributed by atoms with E-state index in [1.807, 2.05) is 13.0 Å². The minimum atomic E-state index is -3.83. The Morgan fingerprint density at radius 1 is 1.15 bits per heavy atom. The predicted octanol–water partition coefficient (Wildman–Crippen LogP) is 2.11. The molecule has 2 heterocycles. The molecule has 138 valence electrons. The first-order valence-electron chi connectivity index (χ1n) is 7.89. The zero-order chi connectivity index (χ0) is 18.9. The molecule has 1 aliphatic rings. The standard InChI is InChI=1S/C16H17N3O5S2/c1-12-5-6-15(25-12)16(20)17-7-9-18(10-8-17)26(23,24)14-4-2-3-13(11-14)19(21)22/h2-6,11H,7-10H2,1H3. The molecule has 3 rings (SSSR count). The third-order valence-electron chi connectivity index (χ3n) is 4.14. The third-order valence-corrected chi connectivity index (χ3v) is 7.03. The molecule has 10 heteroatoms. The van der Waals surface area contributed by atoms with Gasteiger partial charge in [-0.15, -0.1) is 11.3 Å². The molecule has 0 aliphatic carbocycles. The Balaban J connectivity index is 1.72. The fraction of sp³-hybridized carbons (Fsp3) is 0.312. The van der Waals surface area contributed by atoms with Gasteiger partial charge in [0.2, 0.25) is 10.0 Å². The molecule has 0 N–H and O–H groups in total. The number of hydrogen-bond acceptors (Lipinski definition) is 6. The highest BCUT2D eigenvalue weighted by atomic mass is 32.2. The summed E-state index contributed by atoms with van der Waals surface area (Å²) in [6.45, 7) is 2.79. The largest absolute Gasteiger partial charge is 0.335 e. The van der Waals surface area contributed by atoms with Crippen LogP contribution < -0.4 is 0 Å². The van der Waals surface area contributed by atoms with Gasteiger partial charge >= 0.3 is 0 Å². The van der Waals surface area contributed by atoms with E-state index >= 15 is 0 Å². The van der Waals surface area contributed by atoms with E-state index < -0.39 is 14.9 Å². The summed E-state index contributed by atoms with van der Waals surface area (Å²) in [6, 6.07) is 8.65. The number of sulfonamides is 1. The van der Waals surface area contributed by atoms with Crippen LogP contribution in [0.25, 0.3) is 0 Å². The van der Waals surface area contributed by atoms with E-state index in [1.165, 1.54) is 33.8 Å². The number of amides is 1. The molecular formula is C16H17N3O5S2. The van der Waals surface area contributed by atoms with Crippen molar-refractivity contribution in [2.75, 3.05) is 26.2 Å². The summed E-state index contributed by atoms with van der Waals surface area (Å²) >= 11 is 1.41. The van der Waals surface area contributed by atoms with E-state index in [-0.39, 0.29) is 42.7 Å². The summed E-state index contributed by atoms with van der Waals surface area (Å²) in [5.41, 5.74) is -0.270. The summed E-state index contributed by atoms with van der Waals surface area (Å²) in [4.78, 5) is 25.9. The molecule has 1 aromatic carbocycles. The van der Waals surface area contributed by atoms with Gasteiger partial charge in [-0.1, -0.05) is 6.07 Å². The predicted molar refractivity (Wildman–Crippen MR) is 96.8 cm³/mol. The molecule has 1 aromatic heterocycles. The Bertz CT molecular complexity index is 946. The number of piperazine rings is 1. The van der Waals surface area contributed by atoms with Crippen LogP contribution in [0.3, 0.4) is 0 Å². The smallest absolute Gasteiger partial charge is 0.270 e. The van der Waals surface area contributed by atoms with Gasteiger partial charge in [0.15, 0.2) is 0 Å². The quantitative estimate of drug-likeness (QED) is 0.583. The molecular weight excluding hydrogens is 378 g/mol. The first-order valence-corrected chi connectivity index (χ1v) is 10.1. The second-order valence-electron chi connectivity index (χ2n) is 5.86. The third kappa shape index (κ3) is 3.62. The van der Waals surface area contributed by atoms with Gasteiger partial charge in [0.05, 0.1) is 14.7 Å². The summed E-state index contributed by atoms with van der Waals surface area (Å²) in [5, 5.41) is 10.9. The van der Waals surface area contributed by atoms with Gasteiger partial charge in [0, 0.05) is 43.2 Å². The van der Waals surface area contributed by atoms with Crippen molar-refractivity contribution in [3.05, 3.63) is 56.3 Å². The maximum Gasteiger partial charge on any atom is 0.270 e. The fourth-order valence-corrected chi connectivity index (χ4v) is 5.04. The van der Waals surface area contributed by atoms with E-state index in [1.54, 1.807) is 11.0 Å². The van der Waals surface area contributed by atoms with Crippen molar-refractivity contribution in [2.24, 2.45) is 0 Å². The zero-order valence-corrected chi connectivity index (χ0v) is 15.6. The van der Waals surface area contributed by atoms with Crippen LogP contribution in [0.4, 0.5) is 5.69 Å². The molecule has 0 bridgehead atoms. The topological polar surface area (TPSA) is 101 Å². The minimum Gasteiger partial charge on any atom is -0.335 e. The lowest BCUT2D eigenvalue weighted by atomic mass is 10.3. The Hall–Kier alpha value is -2.30. The molecule has 0 radical (unpaired) electrons. The maximum absolute atomic E-state index is 12.7. The molecule has 2 aromatic rings. The van der Waals surface area contributed by atoms with Crippen molar-refractivity contribution >= 4 is 33.0 Å². The fourth-order valence-electron chi connectivity index (χ4n) is 2.74. The summed E-state index contributed by atoms with van der Waals surface area (Å²) in [7, 11) is -3.83. The molecule has 1 saturated heterocycles. The van der Waals surface area contributed by atoms with Crippen LogP contribution in [0.15, 0.2) is 41.3 Å². The Morgan fingerprint density at radius 2 is 1.85 bits per heavy atom. The van der Waals surface area contributed by atoms with Crippen LogP contribution in [-0.2, 0) is 10.0 Å². The lowest BCUT2D eigenvalue weighted by molar-refractivity contribution is -0.385. The van der Waals surface area contributed by atoms with E-state index in [4.69, 9.17) is 0 Å². The summed E-state index contributed by atoms with van der Waals surface area (Å²) < 4.78 is 26.7. The van der Waals surface area contributed by atoms with Crippen LogP contribution in [0, 0.1) is 17.0 Å². The van der Waals surface area contributed by atoms with Crippen molar-refractivity contribution in [1.82, 2.24) is 9.21 Å². The number of aryl methyl sites for hydroxylation is 1. The second kappa shape index (κ2) is 7.14. The lowest BCUT2D eigenvalue weighted by Crippen LogP contribution is -2.50. The number of non-ortho nitro benzene ring substituents is 1. The number of nitro groups is 1. The number of nitro benzene ring substituents is 1. The molecule has 0 spiro atoms. The number of thiophene rings is 1. The molecule has 0 saturated carbocycles. The molecule has 8 nitrogen and oxygen atoms in total. The highest BCUT2D eigenvalue weighted by Gasteiger charge is 2.31. The number of carbonyl (C=O) groups is 1. The first kappa shape index (κ1) is 18.5. The molecule has 1 amide bonds. The van der Waals surface area contributed by atoms with E-state index in [9.17, 15) is 23.3 Å². The van der Waals surface area contributed by atoms with E-state index in [0.717, 1.165) is 10.9 Å². The van der Waals surface area contributed by atoms with Gasteiger partial charge in [-0.25, -0.2) is 8.42 Å². The highest BCUT2D eigenvalue weighted by molar-refractivity contribution is 7.89. The average Bonchev–Trinajstić information content (AvgIpc) is 3.07. The lowest BCUT2D eigenvalue weighted by Gasteiger charge is -2.33. The van der Waals surface area contributed by atoms with Crippen LogP contribution in [-0.4, -0.2) is 54.6 Å². The van der Waals surface area contributed by atoms with E-state index in [0.29, 0.717) is 4.88 Å². The van der Waals surface area contributed by atoms with Crippen LogP contribution >= 0.6 is 11.3 Å². The Morgan fingerprint density at radius 3 is 2.42 bits per heavy atom. The van der Waals surface area contributed by atoms with Gasteiger partial charge in [-0.2, -0.15) is 4.31 Å². The Labute approximate surface area is 154 Å². The number of rotatable bonds is 4. The normalized spacial score (nSPS) is 15.8. The number of benzene rings is 1. The SMILES string of the molecule is Cc1ccc(C(=O)N2CCN(S(=O)(=O)c3cccc([N+](=O)[O-])c3)CC2)s1. The summed E-state index contributed by atoms with van der Waals surface area (Å²) in [5.74, 6) is -0.101. The maximum atomic E-state index is 12.7. The molecule has 1 fully saturated rings. The van der Waals surface area contributed by atoms with Crippen molar-refractivity contribution in [1.29, 1.82) is 0 Å². The minimum absolute atomic E-state index is 0.101. The molecule has 0 atom stereocenters. The van der Waals surface area contributed by atoms with Gasteiger partial charge in [0.25, 0.3) is 11.6 Å². The van der Waals surface area contributed by atoms with E-state index in [2.05, 4.69) is 0 Å². The monoisotopic (exact) mass is 395 g/mol. The number of nitrogens with zero attached hydrogens (tertiary/aromatic N) is 3.